The van der Waals surface area contributed by atoms with Crippen LogP contribution in [-0.2, 0) is 17.1 Å². The number of hydrogen-bond donors (Lipinski definition) is 1. The van der Waals surface area contributed by atoms with Gasteiger partial charge in [0.1, 0.15) is 10.7 Å². The van der Waals surface area contributed by atoms with Gasteiger partial charge in [-0.25, -0.2) is 4.98 Å². The number of H-pyrrole nitrogens is 1. The fourth-order valence-electron chi connectivity index (χ4n) is 3.04. The van der Waals surface area contributed by atoms with Gasteiger partial charge >= 0.3 is 0 Å². The van der Waals surface area contributed by atoms with Gasteiger partial charge in [-0.1, -0.05) is 12.1 Å². The molecule has 5 nitrogen and oxygen atoms in total. The van der Waals surface area contributed by atoms with E-state index in [0.717, 1.165) is 20.8 Å². The summed E-state index contributed by atoms with van der Waals surface area (Å²) < 4.78 is 0. The van der Waals surface area contributed by atoms with Crippen LogP contribution in [0, 0.1) is 13.8 Å². The zero-order valence-corrected chi connectivity index (χ0v) is 19.7. The van der Waals surface area contributed by atoms with E-state index < -0.39 is 0 Å². The Morgan fingerprint density at radius 2 is 1.97 bits per heavy atom. The Kier molecular flexibility index (Phi) is 7.08. The van der Waals surface area contributed by atoms with Crippen molar-refractivity contribution in [3.05, 3.63) is 56.4 Å². The monoisotopic (exact) mass is 447 g/mol. The molecule has 1 aromatic carbocycles. The molecule has 0 radical (unpaired) electrons. The van der Waals surface area contributed by atoms with Crippen LogP contribution in [0.15, 0.2) is 34.0 Å². The molecule has 1 N–H and O–H groups in total. The number of rotatable bonds is 7. The molecule has 0 aliphatic heterocycles. The molecule has 1 unspecified atom stereocenters. The average Bonchev–Trinajstić information content (AvgIpc) is 3.00. The number of thioether (sulfide) groups is 2. The van der Waals surface area contributed by atoms with Gasteiger partial charge in [-0.3, -0.25) is 9.59 Å². The lowest BCUT2D eigenvalue weighted by atomic mass is 10.2. The van der Waals surface area contributed by atoms with E-state index in [-0.39, 0.29) is 16.7 Å². The summed E-state index contributed by atoms with van der Waals surface area (Å²) >= 11 is 4.73. The molecule has 1 atom stereocenters. The van der Waals surface area contributed by atoms with E-state index in [1.165, 1.54) is 28.0 Å². The van der Waals surface area contributed by atoms with Crippen molar-refractivity contribution < 1.29 is 4.79 Å². The molecule has 3 aromatic rings. The number of nitrogens with zero attached hydrogens (tertiary/aromatic N) is 2. The molecule has 8 heteroatoms. The summed E-state index contributed by atoms with van der Waals surface area (Å²) in [5.41, 5.74) is 2.00. The van der Waals surface area contributed by atoms with Crippen molar-refractivity contribution in [1.29, 1.82) is 0 Å². The fraction of sp³-hybridized carbons (Fsp3) is 0.381. The van der Waals surface area contributed by atoms with Crippen LogP contribution in [0.2, 0.25) is 0 Å². The van der Waals surface area contributed by atoms with Crippen molar-refractivity contribution in [2.75, 3.05) is 13.3 Å². The molecular weight excluding hydrogens is 422 g/mol. The van der Waals surface area contributed by atoms with Gasteiger partial charge in [-0.05, 0) is 50.3 Å². The lowest BCUT2D eigenvalue weighted by Crippen LogP contribution is -2.33. The van der Waals surface area contributed by atoms with Gasteiger partial charge in [0.05, 0.1) is 16.4 Å². The van der Waals surface area contributed by atoms with Gasteiger partial charge in [0, 0.05) is 23.4 Å². The number of fused-ring (bicyclic) bond motifs is 1. The number of aromatic amines is 1. The van der Waals surface area contributed by atoms with Gasteiger partial charge in [-0.15, -0.1) is 34.9 Å². The Bertz CT molecular complexity index is 1070. The van der Waals surface area contributed by atoms with Crippen LogP contribution in [0.5, 0.6) is 0 Å². The third-order valence-corrected chi connectivity index (χ3v) is 7.85. The Balaban J connectivity index is 1.62. The van der Waals surface area contributed by atoms with Crippen LogP contribution in [0.3, 0.4) is 0 Å². The van der Waals surface area contributed by atoms with Crippen molar-refractivity contribution >= 4 is 51.0 Å². The Hall–Kier alpha value is -1.77. The highest BCUT2D eigenvalue weighted by Gasteiger charge is 2.19. The van der Waals surface area contributed by atoms with Crippen molar-refractivity contribution in [2.45, 2.75) is 43.2 Å². The third kappa shape index (κ3) is 5.05. The maximum atomic E-state index is 12.7. The van der Waals surface area contributed by atoms with E-state index in [1.807, 2.05) is 34.1 Å². The molecule has 0 fully saturated rings. The Labute approximate surface area is 183 Å². The van der Waals surface area contributed by atoms with Gasteiger partial charge in [-0.2, -0.15) is 0 Å². The molecule has 0 saturated heterocycles. The molecule has 2 aromatic heterocycles. The number of thiophene rings is 1. The molecule has 3 rings (SSSR count). The summed E-state index contributed by atoms with van der Waals surface area (Å²) in [5.74, 6) is 1.17. The molecule has 154 valence electrons. The topological polar surface area (TPSA) is 66.1 Å². The smallest absolute Gasteiger partial charge is 0.259 e. The predicted molar refractivity (Wildman–Crippen MR) is 125 cm³/mol. The molecular formula is C21H25N3O2S3. The van der Waals surface area contributed by atoms with Crippen LogP contribution in [0.4, 0.5) is 0 Å². The van der Waals surface area contributed by atoms with E-state index in [1.54, 1.807) is 16.7 Å². The minimum Gasteiger partial charge on any atom is -0.340 e. The fourth-order valence-corrected chi connectivity index (χ4v) is 5.36. The largest absolute Gasteiger partial charge is 0.340 e. The Morgan fingerprint density at radius 1 is 1.28 bits per heavy atom. The normalized spacial score (nSPS) is 12.3. The number of amides is 1. The molecule has 2 heterocycles. The van der Waals surface area contributed by atoms with Gasteiger partial charge in [0.15, 0.2) is 0 Å². The van der Waals surface area contributed by atoms with Crippen molar-refractivity contribution in [1.82, 2.24) is 14.9 Å². The standard InChI is InChI=1S/C21H25N3O2S3/c1-12-13(2)29-20-18(12)19(25)22-17(23-20)11-28-14(3)21(26)24(4)10-15-6-8-16(27-5)9-7-15/h6-9,14H,10-11H2,1-5H3,(H,22,23,25). The van der Waals surface area contributed by atoms with E-state index in [4.69, 9.17) is 0 Å². The van der Waals surface area contributed by atoms with Crippen LogP contribution < -0.4 is 5.56 Å². The van der Waals surface area contributed by atoms with Gasteiger partial charge in [0.2, 0.25) is 5.91 Å². The maximum Gasteiger partial charge on any atom is 0.259 e. The minimum absolute atomic E-state index is 0.0650. The third-order valence-electron chi connectivity index (χ3n) is 4.86. The Morgan fingerprint density at radius 3 is 2.62 bits per heavy atom. The van der Waals surface area contributed by atoms with Gasteiger partial charge in [0.25, 0.3) is 5.56 Å². The number of benzene rings is 1. The van der Waals surface area contributed by atoms with Crippen molar-refractivity contribution in [3.8, 4) is 0 Å². The lowest BCUT2D eigenvalue weighted by molar-refractivity contribution is -0.129. The van der Waals surface area contributed by atoms with Crippen LogP contribution in [0.1, 0.15) is 28.8 Å². The summed E-state index contributed by atoms with van der Waals surface area (Å²) in [5, 5.41) is 0.455. The first-order valence-electron chi connectivity index (χ1n) is 9.28. The number of hydrogen-bond acceptors (Lipinski definition) is 6. The van der Waals surface area contributed by atoms with E-state index >= 15 is 0 Å². The quantitative estimate of drug-likeness (QED) is 0.536. The molecule has 1 amide bonds. The van der Waals surface area contributed by atoms with E-state index in [0.29, 0.717) is 23.5 Å². The first-order valence-corrected chi connectivity index (χ1v) is 12.4. The second kappa shape index (κ2) is 9.36. The van der Waals surface area contributed by atoms with E-state index in [9.17, 15) is 9.59 Å². The summed E-state index contributed by atoms with van der Waals surface area (Å²) in [7, 11) is 1.82. The first kappa shape index (κ1) is 21.9. The molecule has 29 heavy (non-hydrogen) atoms. The predicted octanol–water partition coefficient (Wildman–Crippen LogP) is 4.60. The summed E-state index contributed by atoms with van der Waals surface area (Å²) in [6.07, 6.45) is 2.05. The van der Waals surface area contributed by atoms with Crippen LogP contribution in [0.25, 0.3) is 10.2 Å². The number of nitrogens with one attached hydrogen (secondary N) is 1. The highest BCUT2D eigenvalue weighted by atomic mass is 32.2. The molecule has 0 spiro atoms. The number of aryl methyl sites for hydroxylation is 2. The van der Waals surface area contributed by atoms with Gasteiger partial charge < -0.3 is 9.88 Å². The molecule has 0 saturated carbocycles. The van der Waals surface area contributed by atoms with Crippen molar-refractivity contribution in [3.63, 3.8) is 0 Å². The zero-order valence-electron chi connectivity index (χ0n) is 17.2. The highest BCUT2D eigenvalue weighted by Crippen LogP contribution is 2.26. The second-order valence-corrected chi connectivity index (χ2v) is 10.4. The summed E-state index contributed by atoms with van der Waals surface area (Å²) in [6.45, 7) is 6.43. The molecule has 0 bridgehead atoms. The average molecular weight is 448 g/mol. The van der Waals surface area contributed by atoms with Crippen LogP contribution >= 0.6 is 34.9 Å². The summed E-state index contributed by atoms with van der Waals surface area (Å²) in [6, 6.07) is 8.26. The van der Waals surface area contributed by atoms with Crippen LogP contribution in [-0.4, -0.2) is 39.3 Å². The SMILES string of the molecule is CSc1ccc(CN(C)C(=O)C(C)SCc2nc3sc(C)c(C)c3c(=O)[nH]2)cc1. The van der Waals surface area contributed by atoms with Crippen molar-refractivity contribution in [2.24, 2.45) is 0 Å². The summed E-state index contributed by atoms with van der Waals surface area (Å²) in [4.78, 5) is 37.4. The molecule has 0 aliphatic rings. The zero-order chi connectivity index (χ0) is 21.1. The highest BCUT2D eigenvalue weighted by molar-refractivity contribution is 7.99. The minimum atomic E-state index is -0.224. The lowest BCUT2D eigenvalue weighted by Gasteiger charge is -2.21. The number of aromatic nitrogens is 2. The van der Waals surface area contributed by atoms with E-state index in [2.05, 4.69) is 34.2 Å². The first-order chi connectivity index (χ1) is 13.8. The number of carbonyl (C=O) groups excluding carboxylic acids is 1. The second-order valence-electron chi connectivity index (χ2n) is 6.97. The number of carbonyl (C=O) groups is 1. The maximum absolute atomic E-state index is 12.7. The molecule has 0 aliphatic carbocycles.